The first-order chi connectivity index (χ1) is 7.07. The highest BCUT2D eigenvalue weighted by Gasteiger charge is 2.10. The third-order valence-electron chi connectivity index (χ3n) is 2.95. The van der Waals surface area contributed by atoms with Gasteiger partial charge in [0.1, 0.15) is 0 Å². The Hall–Kier alpha value is -1.15. The second kappa shape index (κ2) is 5.08. The maximum Gasteiger partial charge on any atom is 0.0512 e. The van der Waals surface area contributed by atoms with Crippen LogP contribution in [0.2, 0.25) is 0 Å². The molecule has 82 valence electrons. The van der Waals surface area contributed by atoms with Crippen LogP contribution in [0.15, 0.2) is 30.4 Å². The summed E-state index contributed by atoms with van der Waals surface area (Å²) in [4.78, 5) is 0. The van der Waals surface area contributed by atoms with E-state index in [1.807, 2.05) is 26.0 Å². The molecular weight excluding hydrogens is 189 g/mol. The third-order valence-corrected chi connectivity index (χ3v) is 2.95. The molecule has 1 atom stereocenters. The Morgan fingerprint density at radius 3 is 2.73 bits per heavy atom. The van der Waals surface area contributed by atoms with E-state index >= 15 is 0 Å². The van der Waals surface area contributed by atoms with Crippen molar-refractivity contribution in [2.24, 2.45) is 0 Å². The normalized spacial score (nSPS) is 12.5. The second-order valence-corrected chi connectivity index (χ2v) is 4.01. The van der Waals surface area contributed by atoms with E-state index < -0.39 is 0 Å². The Morgan fingerprint density at radius 2 is 2.20 bits per heavy atom. The molecule has 1 N–H and O–H groups in total. The number of rotatable bonds is 4. The van der Waals surface area contributed by atoms with Crippen LogP contribution < -0.4 is 5.54 Å². The number of hydrogen-bond acceptors (Lipinski definition) is 1. The number of halogens is 1. The number of benzene rings is 1. The van der Waals surface area contributed by atoms with Crippen LogP contribution in [0.3, 0.4) is 0 Å². The highest BCUT2D eigenvalue weighted by molar-refractivity contribution is 5.39. The molecule has 0 saturated heterocycles. The summed E-state index contributed by atoms with van der Waals surface area (Å²) < 4.78 is 12.1. The highest BCUT2D eigenvalue weighted by Crippen LogP contribution is 2.26. The summed E-state index contributed by atoms with van der Waals surface area (Å²) in [7, 11) is 0. The Bertz CT molecular complexity index is 358. The van der Waals surface area contributed by atoms with Gasteiger partial charge in [0.15, 0.2) is 0 Å². The molecule has 0 bridgehead atoms. The molecule has 1 nitrogen and oxygen atoms in total. The molecular formula is C13H18FN. The summed E-state index contributed by atoms with van der Waals surface area (Å²) in [6.07, 6.45) is 0. The van der Waals surface area contributed by atoms with E-state index in [0.717, 1.165) is 16.7 Å². The van der Waals surface area contributed by atoms with Crippen molar-refractivity contribution in [1.29, 1.82) is 0 Å². The van der Waals surface area contributed by atoms with E-state index in [1.54, 1.807) is 5.54 Å². The van der Waals surface area contributed by atoms with Crippen molar-refractivity contribution in [1.82, 2.24) is 5.54 Å². The van der Waals surface area contributed by atoms with Gasteiger partial charge in [-0.15, -0.1) is 4.48 Å². The van der Waals surface area contributed by atoms with Crippen molar-refractivity contribution in [3.8, 4) is 0 Å². The lowest BCUT2D eigenvalue weighted by Crippen LogP contribution is -2.05. The van der Waals surface area contributed by atoms with Crippen LogP contribution in [0.4, 0.5) is 4.48 Å². The maximum atomic E-state index is 12.1. The van der Waals surface area contributed by atoms with Gasteiger partial charge in [-0.3, -0.25) is 0 Å². The second-order valence-electron chi connectivity index (χ2n) is 4.01. The molecule has 0 saturated carbocycles. The summed E-state index contributed by atoms with van der Waals surface area (Å²) in [5, 5.41) is 0. The summed E-state index contributed by atoms with van der Waals surface area (Å²) in [5.74, 6) is 0.324. The Morgan fingerprint density at radius 1 is 1.53 bits per heavy atom. The summed E-state index contributed by atoms with van der Waals surface area (Å²) in [6, 6.07) is 5.99. The van der Waals surface area contributed by atoms with E-state index in [9.17, 15) is 4.48 Å². The Labute approximate surface area is 90.9 Å². The van der Waals surface area contributed by atoms with Crippen molar-refractivity contribution in [3.63, 3.8) is 0 Å². The van der Waals surface area contributed by atoms with Gasteiger partial charge in [0, 0.05) is 5.92 Å². The molecule has 0 fully saturated rings. The van der Waals surface area contributed by atoms with Gasteiger partial charge in [0.25, 0.3) is 0 Å². The average molecular weight is 207 g/mol. The minimum atomic E-state index is 0.266. The topological polar surface area (TPSA) is 12.0 Å². The van der Waals surface area contributed by atoms with Crippen LogP contribution in [0.5, 0.6) is 0 Å². The van der Waals surface area contributed by atoms with Gasteiger partial charge in [0.05, 0.1) is 6.54 Å². The number of nitrogens with one attached hydrogen (secondary N) is 1. The molecule has 0 amide bonds. The molecule has 1 rings (SSSR count). The van der Waals surface area contributed by atoms with Crippen molar-refractivity contribution >= 4 is 0 Å². The molecule has 0 aliphatic rings. The predicted octanol–water partition coefficient (Wildman–Crippen LogP) is 3.65. The lowest BCUT2D eigenvalue weighted by molar-refractivity contribution is 0.329. The van der Waals surface area contributed by atoms with Crippen LogP contribution in [0, 0.1) is 6.92 Å². The summed E-state index contributed by atoms with van der Waals surface area (Å²) in [5.41, 5.74) is 6.21. The standard InChI is InChI=1S/C13H18FN/c1-9(2)10(3)13-7-5-6-12(8-15-14)11(13)4/h5-7,10,15H,1,8H2,2-4H3. The zero-order valence-corrected chi connectivity index (χ0v) is 9.60. The zero-order chi connectivity index (χ0) is 11.4. The average Bonchev–Trinajstić information content (AvgIpc) is 2.20. The molecule has 1 unspecified atom stereocenters. The van der Waals surface area contributed by atoms with E-state index in [2.05, 4.69) is 19.6 Å². The zero-order valence-electron chi connectivity index (χ0n) is 9.60. The van der Waals surface area contributed by atoms with Crippen LogP contribution in [-0.4, -0.2) is 0 Å². The number of hydrogen-bond donors (Lipinski definition) is 1. The van der Waals surface area contributed by atoms with E-state index in [0.29, 0.717) is 5.92 Å². The predicted molar refractivity (Wildman–Crippen MR) is 62.4 cm³/mol. The number of allylic oxidation sites excluding steroid dienone is 1. The van der Waals surface area contributed by atoms with Crippen LogP contribution in [0.25, 0.3) is 0 Å². The molecule has 1 aromatic rings. The maximum absolute atomic E-state index is 12.1. The molecule has 1 aromatic carbocycles. The van der Waals surface area contributed by atoms with Gasteiger partial charge < -0.3 is 0 Å². The van der Waals surface area contributed by atoms with Crippen molar-refractivity contribution < 1.29 is 4.48 Å². The van der Waals surface area contributed by atoms with Gasteiger partial charge in [-0.1, -0.05) is 37.3 Å². The van der Waals surface area contributed by atoms with Gasteiger partial charge in [-0.2, -0.15) is 5.54 Å². The van der Waals surface area contributed by atoms with E-state index in [-0.39, 0.29) is 6.54 Å². The van der Waals surface area contributed by atoms with Gasteiger partial charge in [-0.05, 0) is 30.5 Å². The minimum Gasteiger partial charge on any atom is -0.155 e. The largest absolute Gasteiger partial charge is 0.155 e. The van der Waals surface area contributed by atoms with Crippen LogP contribution in [-0.2, 0) is 6.54 Å². The Kier molecular flexibility index (Phi) is 4.04. The molecule has 0 aliphatic carbocycles. The van der Waals surface area contributed by atoms with Gasteiger partial charge >= 0.3 is 0 Å². The molecule has 0 heterocycles. The summed E-state index contributed by atoms with van der Waals surface area (Å²) >= 11 is 0. The molecule has 0 spiro atoms. The minimum absolute atomic E-state index is 0.266. The fourth-order valence-corrected chi connectivity index (χ4v) is 1.70. The van der Waals surface area contributed by atoms with Gasteiger partial charge in [0.2, 0.25) is 0 Å². The van der Waals surface area contributed by atoms with E-state index in [4.69, 9.17) is 0 Å². The van der Waals surface area contributed by atoms with E-state index in [1.165, 1.54) is 5.56 Å². The fourth-order valence-electron chi connectivity index (χ4n) is 1.70. The van der Waals surface area contributed by atoms with Crippen LogP contribution >= 0.6 is 0 Å². The lowest BCUT2D eigenvalue weighted by atomic mass is 9.89. The first-order valence-corrected chi connectivity index (χ1v) is 5.15. The molecule has 0 aliphatic heterocycles. The summed E-state index contributed by atoms with van der Waals surface area (Å²) in [6.45, 7) is 10.4. The van der Waals surface area contributed by atoms with Crippen molar-refractivity contribution in [2.75, 3.05) is 0 Å². The highest BCUT2D eigenvalue weighted by atomic mass is 19.2. The monoisotopic (exact) mass is 207 g/mol. The first-order valence-electron chi connectivity index (χ1n) is 5.15. The molecule has 0 aromatic heterocycles. The fraction of sp³-hybridized carbons (Fsp3) is 0.385. The smallest absolute Gasteiger partial charge is 0.0512 e. The first kappa shape index (κ1) is 11.9. The van der Waals surface area contributed by atoms with Crippen LogP contribution in [0.1, 0.15) is 36.5 Å². The Balaban J connectivity index is 3.08. The SMILES string of the molecule is C=C(C)C(C)c1cccc(CNF)c1C. The third kappa shape index (κ3) is 2.66. The lowest BCUT2D eigenvalue weighted by Gasteiger charge is -2.17. The van der Waals surface area contributed by atoms with Crippen molar-refractivity contribution in [2.45, 2.75) is 33.2 Å². The molecule has 0 radical (unpaired) electrons. The molecule has 15 heavy (non-hydrogen) atoms. The molecule has 2 heteroatoms. The van der Waals surface area contributed by atoms with Crippen molar-refractivity contribution in [3.05, 3.63) is 47.0 Å². The van der Waals surface area contributed by atoms with Gasteiger partial charge in [-0.25, -0.2) is 0 Å². The quantitative estimate of drug-likeness (QED) is 0.587.